The van der Waals surface area contributed by atoms with Crippen molar-refractivity contribution in [3.8, 4) is 0 Å². The summed E-state index contributed by atoms with van der Waals surface area (Å²) in [7, 11) is 2.23. The van der Waals surface area contributed by atoms with Crippen molar-refractivity contribution in [2.75, 3.05) is 26.7 Å². The van der Waals surface area contributed by atoms with Crippen LogP contribution in [0.3, 0.4) is 0 Å². The Kier molecular flexibility index (Phi) is 6.20. The number of aliphatic hydroxyl groups excluding tert-OH is 1. The van der Waals surface area contributed by atoms with E-state index in [1.165, 1.54) is 51.6 Å². The molecule has 84 valence electrons. The van der Waals surface area contributed by atoms with Gasteiger partial charge in [0.1, 0.15) is 0 Å². The Labute approximate surface area is 88.3 Å². The lowest BCUT2D eigenvalue weighted by molar-refractivity contribution is 0.198. The van der Waals surface area contributed by atoms with Crippen molar-refractivity contribution in [2.24, 2.45) is 5.92 Å². The first-order valence-electron chi connectivity index (χ1n) is 6.12. The molecule has 0 radical (unpaired) electrons. The van der Waals surface area contributed by atoms with Gasteiger partial charge in [-0.1, -0.05) is 19.3 Å². The van der Waals surface area contributed by atoms with E-state index in [0.717, 1.165) is 12.3 Å². The maximum absolute atomic E-state index is 8.64. The van der Waals surface area contributed by atoms with Crippen molar-refractivity contribution >= 4 is 0 Å². The second-order valence-corrected chi connectivity index (χ2v) is 4.70. The van der Waals surface area contributed by atoms with Crippen LogP contribution >= 0.6 is 0 Å². The molecule has 0 aromatic carbocycles. The molecule has 1 heterocycles. The minimum absolute atomic E-state index is 0.367. The molecule has 0 saturated carbocycles. The van der Waals surface area contributed by atoms with Crippen LogP contribution < -0.4 is 0 Å². The predicted molar refractivity (Wildman–Crippen MR) is 60.4 cm³/mol. The molecule has 0 aliphatic carbocycles. The van der Waals surface area contributed by atoms with E-state index in [0.29, 0.717) is 6.61 Å². The normalized spacial score (nSPS) is 24.0. The zero-order valence-electron chi connectivity index (χ0n) is 9.54. The summed E-state index contributed by atoms with van der Waals surface area (Å²) in [5.74, 6) is 0.947. The second kappa shape index (κ2) is 7.24. The van der Waals surface area contributed by atoms with E-state index in [9.17, 15) is 0 Å². The standard InChI is InChI=1S/C12H25NO/c1-13-9-6-8-12(11-13)7-4-2-3-5-10-14/h12,14H,2-11H2,1H3. The van der Waals surface area contributed by atoms with Gasteiger partial charge in [-0.3, -0.25) is 0 Å². The lowest BCUT2D eigenvalue weighted by Crippen LogP contribution is -2.31. The molecule has 0 amide bonds. The molecule has 1 rings (SSSR count). The Morgan fingerprint density at radius 2 is 2.00 bits per heavy atom. The fourth-order valence-electron chi connectivity index (χ4n) is 2.41. The highest BCUT2D eigenvalue weighted by Gasteiger charge is 2.15. The van der Waals surface area contributed by atoms with Gasteiger partial charge in [-0.2, -0.15) is 0 Å². The van der Waals surface area contributed by atoms with E-state index in [2.05, 4.69) is 11.9 Å². The highest BCUT2D eigenvalue weighted by Crippen LogP contribution is 2.21. The molecule has 0 aromatic rings. The number of nitrogens with zero attached hydrogens (tertiary/aromatic N) is 1. The Morgan fingerprint density at radius 1 is 1.21 bits per heavy atom. The molecule has 1 unspecified atom stereocenters. The van der Waals surface area contributed by atoms with Gasteiger partial charge < -0.3 is 10.0 Å². The number of piperidine rings is 1. The minimum Gasteiger partial charge on any atom is -0.396 e. The Morgan fingerprint density at radius 3 is 2.71 bits per heavy atom. The van der Waals surface area contributed by atoms with Crippen molar-refractivity contribution in [1.82, 2.24) is 4.90 Å². The lowest BCUT2D eigenvalue weighted by atomic mass is 9.92. The molecule has 0 aromatic heterocycles. The number of rotatable bonds is 6. The van der Waals surface area contributed by atoms with Gasteiger partial charge in [0.2, 0.25) is 0 Å². The topological polar surface area (TPSA) is 23.5 Å². The van der Waals surface area contributed by atoms with E-state index in [4.69, 9.17) is 5.11 Å². The van der Waals surface area contributed by atoms with Crippen LogP contribution in [0.2, 0.25) is 0 Å². The van der Waals surface area contributed by atoms with Crippen molar-refractivity contribution in [2.45, 2.75) is 44.9 Å². The average Bonchev–Trinajstić information content (AvgIpc) is 2.18. The van der Waals surface area contributed by atoms with Crippen LogP contribution in [0.25, 0.3) is 0 Å². The van der Waals surface area contributed by atoms with Gasteiger partial charge in [-0.25, -0.2) is 0 Å². The third kappa shape index (κ3) is 4.97. The van der Waals surface area contributed by atoms with Crippen LogP contribution in [0.4, 0.5) is 0 Å². The molecule has 1 aliphatic heterocycles. The summed E-state index contributed by atoms with van der Waals surface area (Å²) in [6.07, 6.45) is 9.08. The van der Waals surface area contributed by atoms with Gasteiger partial charge >= 0.3 is 0 Å². The number of likely N-dealkylation sites (tertiary alicyclic amines) is 1. The maximum atomic E-state index is 8.64. The van der Waals surface area contributed by atoms with Gasteiger partial charge in [-0.15, -0.1) is 0 Å². The van der Waals surface area contributed by atoms with E-state index in [-0.39, 0.29) is 0 Å². The van der Waals surface area contributed by atoms with Gasteiger partial charge in [0.25, 0.3) is 0 Å². The highest BCUT2D eigenvalue weighted by molar-refractivity contribution is 4.70. The summed E-state index contributed by atoms with van der Waals surface area (Å²) in [5, 5.41) is 8.64. The van der Waals surface area contributed by atoms with Crippen molar-refractivity contribution in [1.29, 1.82) is 0 Å². The third-order valence-electron chi connectivity index (χ3n) is 3.24. The fraction of sp³-hybridized carbons (Fsp3) is 1.00. The predicted octanol–water partition coefficient (Wildman–Crippen LogP) is 2.27. The van der Waals surface area contributed by atoms with Crippen LogP contribution in [0, 0.1) is 5.92 Å². The van der Waals surface area contributed by atoms with E-state index in [1.54, 1.807) is 0 Å². The molecule has 0 spiro atoms. The maximum Gasteiger partial charge on any atom is 0.0431 e. The third-order valence-corrected chi connectivity index (χ3v) is 3.24. The first-order chi connectivity index (χ1) is 6.83. The molecular weight excluding hydrogens is 174 g/mol. The largest absolute Gasteiger partial charge is 0.396 e. The first-order valence-corrected chi connectivity index (χ1v) is 6.12. The van der Waals surface area contributed by atoms with Crippen LogP contribution in [-0.2, 0) is 0 Å². The van der Waals surface area contributed by atoms with E-state index < -0.39 is 0 Å². The number of hydrogen-bond donors (Lipinski definition) is 1. The molecule has 1 saturated heterocycles. The summed E-state index contributed by atoms with van der Waals surface area (Å²) in [6, 6.07) is 0. The molecule has 1 aliphatic rings. The minimum atomic E-state index is 0.367. The van der Waals surface area contributed by atoms with E-state index in [1.807, 2.05) is 0 Å². The van der Waals surface area contributed by atoms with Crippen molar-refractivity contribution in [3.63, 3.8) is 0 Å². The van der Waals surface area contributed by atoms with Crippen molar-refractivity contribution < 1.29 is 5.11 Å². The summed E-state index contributed by atoms with van der Waals surface area (Å²) in [6.45, 7) is 2.97. The Bertz CT molecular complexity index is 138. The quantitative estimate of drug-likeness (QED) is 0.663. The summed E-state index contributed by atoms with van der Waals surface area (Å²) >= 11 is 0. The SMILES string of the molecule is CN1CCCC(CCCCCCO)C1. The molecule has 14 heavy (non-hydrogen) atoms. The molecule has 2 nitrogen and oxygen atoms in total. The number of aliphatic hydroxyl groups is 1. The van der Waals surface area contributed by atoms with Gasteiger partial charge in [0.15, 0.2) is 0 Å². The number of hydrogen-bond acceptors (Lipinski definition) is 2. The Hall–Kier alpha value is -0.0800. The monoisotopic (exact) mass is 199 g/mol. The lowest BCUT2D eigenvalue weighted by Gasteiger charge is -2.29. The summed E-state index contributed by atoms with van der Waals surface area (Å²) < 4.78 is 0. The first kappa shape index (κ1) is 12.0. The van der Waals surface area contributed by atoms with Crippen molar-refractivity contribution in [3.05, 3.63) is 0 Å². The number of unbranched alkanes of at least 4 members (excludes halogenated alkanes) is 3. The molecule has 2 heteroatoms. The molecule has 1 atom stereocenters. The van der Waals surface area contributed by atoms with Gasteiger partial charge in [0.05, 0.1) is 0 Å². The van der Waals surface area contributed by atoms with Crippen LogP contribution in [0.15, 0.2) is 0 Å². The average molecular weight is 199 g/mol. The van der Waals surface area contributed by atoms with Crippen LogP contribution in [0.5, 0.6) is 0 Å². The molecule has 1 fully saturated rings. The summed E-state index contributed by atoms with van der Waals surface area (Å²) in [4.78, 5) is 2.46. The molecule has 0 bridgehead atoms. The molecule has 1 N–H and O–H groups in total. The fourth-order valence-corrected chi connectivity index (χ4v) is 2.41. The van der Waals surface area contributed by atoms with E-state index >= 15 is 0 Å². The second-order valence-electron chi connectivity index (χ2n) is 4.70. The van der Waals surface area contributed by atoms with Gasteiger partial charge in [-0.05, 0) is 45.2 Å². The zero-order chi connectivity index (χ0) is 10.2. The Balaban J connectivity index is 1.95. The van der Waals surface area contributed by atoms with Gasteiger partial charge in [0, 0.05) is 13.2 Å². The highest BCUT2D eigenvalue weighted by atomic mass is 16.2. The molecular formula is C12H25NO. The smallest absolute Gasteiger partial charge is 0.0431 e. The van der Waals surface area contributed by atoms with Crippen LogP contribution in [0.1, 0.15) is 44.9 Å². The zero-order valence-corrected chi connectivity index (χ0v) is 9.54. The summed E-state index contributed by atoms with van der Waals surface area (Å²) in [5.41, 5.74) is 0. The van der Waals surface area contributed by atoms with Crippen LogP contribution in [-0.4, -0.2) is 36.8 Å².